The minimum absolute atomic E-state index is 0.195. The number of nitrogens with one attached hydrogen (secondary N) is 1. The number of nitrogens with zero attached hydrogens (tertiary/aromatic N) is 2. The van der Waals surface area contributed by atoms with E-state index in [0.717, 1.165) is 58.4 Å². The highest BCUT2D eigenvalue weighted by atomic mass is 16.1. The van der Waals surface area contributed by atoms with Gasteiger partial charge in [0.2, 0.25) is 5.91 Å². The summed E-state index contributed by atoms with van der Waals surface area (Å²) in [5.41, 5.74) is 0. The van der Waals surface area contributed by atoms with Gasteiger partial charge in [0.15, 0.2) is 12.4 Å². The molecule has 1 aromatic heterocycles. The Hall–Kier alpha value is -1.42. The Balaban J connectivity index is 1.95. The number of rotatable bonds is 12. The molecule has 1 aromatic rings. The number of hydrogen-bond acceptors (Lipinski definition) is 2. The maximum atomic E-state index is 11.7. The maximum Gasteiger partial charge on any atom is 0.219 e. The van der Waals surface area contributed by atoms with E-state index >= 15 is 0 Å². The number of aromatic nitrogens is 1. The van der Waals surface area contributed by atoms with Crippen molar-refractivity contribution in [2.45, 2.75) is 52.5 Å². The summed E-state index contributed by atoms with van der Waals surface area (Å²) in [6, 6.07) is 6.08. The molecule has 1 rings (SSSR count). The summed E-state index contributed by atoms with van der Waals surface area (Å²) in [5, 5.41) is 3.03. The third-order valence-corrected chi connectivity index (χ3v) is 3.97. The molecule has 0 spiro atoms. The summed E-state index contributed by atoms with van der Waals surface area (Å²) in [6.45, 7) is 9.55. The maximum absolute atomic E-state index is 11.7. The van der Waals surface area contributed by atoms with E-state index in [-0.39, 0.29) is 5.91 Å². The van der Waals surface area contributed by atoms with Crippen LogP contribution in [-0.2, 0) is 11.3 Å². The first-order valence-corrected chi connectivity index (χ1v) is 8.69. The van der Waals surface area contributed by atoms with E-state index in [2.05, 4.69) is 41.0 Å². The van der Waals surface area contributed by atoms with Gasteiger partial charge in [-0.15, -0.1) is 0 Å². The van der Waals surface area contributed by atoms with Crippen LogP contribution < -0.4 is 9.88 Å². The van der Waals surface area contributed by atoms with Crippen LogP contribution in [0, 0.1) is 0 Å². The van der Waals surface area contributed by atoms with E-state index in [1.165, 1.54) is 0 Å². The van der Waals surface area contributed by atoms with E-state index < -0.39 is 0 Å². The molecule has 0 bridgehead atoms. The Bertz CT molecular complexity index is 391. The van der Waals surface area contributed by atoms with Crippen molar-refractivity contribution in [2.75, 3.05) is 26.2 Å². The van der Waals surface area contributed by atoms with Crippen molar-refractivity contribution in [1.29, 1.82) is 0 Å². The minimum atomic E-state index is 0.195. The Morgan fingerprint density at radius 1 is 1.00 bits per heavy atom. The summed E-state index contributed by atoms with van der Waals surface area (Å²) in [5.74, 6) is 0.195. The number of carbonyl (C=O) groups excluding carboxylic acids is 1. The lowest BCUT2D eigenvalue weighted by Gasteiger charge is -2.17. The molecule has 0 aliphatic rings. The van der Waals surface area contributed by atoms with Crippen LogP contribution in [0.3, 0.4) is 0 Å². The summed E-state index contributed by atoms with van der Waals surface area (Å²) in [7, 11) is 0. The zero-order valence-electron chi connectivity index (χ0n) is 14.3. The molecule has 0 aliphatic carbocycles. The molecular formula is C18H32N3O+. The lowest BCUT2D eigenvalue weighted by atomic mass is 10.2. The van der Waals surface area contributed by atoms with Gasteiger partial charge < -0.3 is 10.2 Å². The van der Waals surface area contributed by atoms with Gasteiger partial charge in [0.05, 0.1) is 0 Å². The van der Waals surface area contributed by atoms with Gasteiger partial charge in [-0.2, -0.15) is 0 Å². The van der Waals surface area contributed by atoms with Crippen molar-refractivity contribution in [3.63, 3.8) is 0 Å². The molecule has 0 fully saturated rings. The SMILES string of the molecule is CCN(CC)CCCCNC(=O)CCCC[n+]1ccccc1. The smallest absolute Gasteiger partial charge is 0.219 e. The molecule has 1 amide bonds. The molecule has 22 heavy (non-hydrogen) atoms. The molecule has 0 aliphatic heterocycles. The fourth-order valence-corrected chi connectivity index (χ4v) is 2.48. The van der Waals surface area contributed by atoms with E-state index in [1.54, 1.807) is 0 Å². The lowest BCUT2D eigenvalue weighted by molar-refractivity contribution is -0.697. The highest BCUT2D eigenvalue weighted by Crippen LogP contribution is 1.97. The Morgan fingerprint density at radius 2 is 1.73 bits per heavy atom. The van der Waals surface area contributed by atoms with E-state index in [4.69, 9.17) is 0 Å². The van der Waals surface area contributed by atoms with Gasteiger partial charge in [0.25, 0.3) is 0 Å². The van der Waals surface area contributed by atoms with Crippen LogP contribution in [0.2, 0.25) is 0 Å². The van der Waals surface area contributed by atoms with Crippen LogP contribution in [0.4, 0.5) is 0 Å². The van der Waals surface area contributed by atoms with Crippen LogP contribution in [0.5, 0.6) is 0 Å². The van der Waals surface area contributed by atoms with Crippen molar-refractivity contribution in [3.05, 3.63) is 30.6 Å². The Labute approximate surface area is 135 Å². The standard InChI is InChI=1S/C18H31N3O/c1-3-20(4-2)14-11-7-13-19-18(22)12-6-10-17-21-15-8-5-9-16-21/h5,8-9,15-16H,3-4,6-7,10-14,17H2,1-2H3/p+1. The number of amides is 1. The normalized spacial score (nSPS) is 10.9. The van der Waals surface area contributed by atoms with Gasteiger partial charge in [-0.1, -0.05) is 19.9 Å². The third-order valence-electron chi connectivity index (χ3n) is 3.97. The highest BCUT2D eigenvalue weighted by molar-refractivity contribution is 5.75. The molecule has 0 radical (unpaired) electrons. The number of aryl methyl sites for hydroxylation is 1. The summed E-state index contributed by atoms with van der Waals surface area (Å²) in [6.07, 6.45) is 9.00. The van der Waals surface area contributed by atoms with Gasteiger partial charge in [-0.05, 0) is 38.9 Å². The van der Waals surface area contributed by atoms with Crippen LogP contribution in [0.15, 0.2) is 30.6 Å². The first-order chi connectivity index (χ1) is 10.8. The zero-order chi connectivity index (χ0) is 16.0. The summed E-state index contributed by atoms with van der Waals surface area (Å²) < 4.78 is 2.16. The third kappa shape index (κ3) is 8.78. The Morgan fingerprint density at radius 3 is 2.41 bits per heavy atom. The molecule has 4 heteroatoms. The van der Waals surface area contributed by atoms with Crippen LogP contribution >= 0.6 is 0 Å². The second-order valence-corrected chi connectivity index (χ2v) is 5.65. The summed E-state index contributed by atoms with van der Waals surface area (Å²) in [4.78, 5) is 14.2. The van der Waals surface area contributed by atoms with Crippen LogP contribution in [0.1, 0.15) is 46.0 Å². The molecule has 1 heterocycles. The molecule has 0 unspecified atom stereocenters. The predicted molar refractivity (Wildman–Crippen MR) is 90.5 cm³/mol. The molecule has 4 nitrogen and oxygen atoms in total. The van der Waals surface area contributed by atoms with Crippen molar-refractivity contribution >= 4 is 5.91 Å². The average Bonchev–Trinajstić information content (AvgIpc) is 2.56. The van der Waals surface area contributed by atoms with E-state index in [0.29, 0.717) is 6.42 Å². The van der Waals surface area contributed by atoms with Crippen molar-refractivity contribution in [1.82, 2.24) is 10.2 Å². The van der Waals surface area contributed by atoms with E-state index in [9.17, 15) is 4.79 Å². The van der Waals surface area contributed by atoms with E-state index in [1.807, 2.05) is 18.2 Å². The molecule has 124 valence electrons. The molecule has 1 N–H and O–H groups in total. The van der Waals surface area contributed by atoms with Crippen LogP contribution in [-0.4, -0.2) is 37.0 Å². The zero-order valence-corrected chi connectivity index (χ0v) is 14.3. The topological polar surface area (TPSA) is 36.2 Å². The van der Waals surface area contributed by atoms with Gasteiger partial charge in [0, 0.05) is 31.5 Å². The van der Waals surface area contributed by atoms with Crippen molar-refractivity contribution in [2.24, 2.45) is 0 Å². The van der Waals surface area contributed by atoms with Gasteiger partial charge in [-0.3, -0.25) is 4.79 Å². The molecule has 0 atom stereocenters. The average molecular weight is 306 g/mol. The van der Waals surface area contributed by atoms with Gasteiger partial charge in [-0.25, -0.2) is 4.57 Å². The number of hydrogen-bond donors (Lipinski definition) is 1. The predicted octanol–water partition coefficient (Wildman–Crippen LogP) is 2.38. The minimum Gasteiger partial charge on any atom is -0.356 e. The first-order valence-electron chi connectivity index (χ1n) is 8.69. The van der Waals surface area contributed by atoms with Crippen molar-refractivity contribution in [3.8, 4) is 0 Å². The Kier molecular flexibility index (Phi) is 10.3. The van der Waals surface area contributed by atoms with Gasteiger partial charge in [0.1, 0.15) is 6.54 Å². The molecule has 0 saturated carbocycles. The van der Waals surface area contributed by atoms with Crippen molar-refractivity contribution < 1.29 is 9.36 Å². The number of carbonyl (C=O) groups is 1. The van der Waals surface area contributed by atoms with Gasteiger partial charge >= 0.3 is 0 Å². The molecule has 0 saturated heterocycles. The van der Waals surface area contributed by atoms with Crippen LogP contribution in [0.25, 0.3) is 0 Å². The monoisotopic (exact) mass is 306 g/mol. The molecular weight excluding hydrogens is 274 g/mol. The summed E-state index contributed by atoms with van der Waals surface area (Å²) >= 11 is 0. The lowest BCUT2D eigenvalue weighted by Crippen LogP contribution is -2.32. The quantitative estimate of drug-likeness (QED) is 0.475. The second kappa shape index (κ2) is 12.2. The first kappa shape index (κ1) is 18.6. The number of unbranched alkanes of at least 4 members (excludes halogenated alkanes) is 2. The molecule has 0 aromatic carbocycles. The highest BCUT2D eigenvalue weighted by Gasteiger charge is 2.03. The fourth-order valence-electron chi connectivity index (χ4n) is 2.48. The number of pyridine rings is 1. The second-order valence-electron chi connectivity index (χ2n) is 5.65. The largest absolute Gasteiger partial charge is 0.356 e. The fraction of sp³-hybridized carbons (Fsp3) is 0.667.